The number of Topliss-reactive ketones (excluding diaryl/α,β-unsaturated/α-hetero) is 1. The van der Waals surface area contributed by atoms with E-state index < -0.39 is 17.9 Å². The summed E-state index contributed by atoms with van der Waals surface area (Å²) >= 11 is 0. The molecule has 0 spiro atoms. The highest BCUT2D eigenvalue weighted by Crippen LogP contribution is 2.24. The fraction of sp³-hybridized carbons (Fsp3) is 0.333. The Labute approximate surface area is 190 Å². The molecule has 0 fully saturated rings. The van der Waals surface area contributed by atoms with Crippen LogP contribution in [0.15, 0.2) is 6.58 Å². The average molecular weight is 456 g/mol. The number of carboxylic acid groups (broad SMARTS) is 2. The van der Waals surface area contributed by atoms with E-state index in [1.165, 1.54) is 13.0 Å². The Bertz CT molecular complexity index is 1230. The number of hydrogen-bond donors (Lipinski definition) is 6. The Hall–Kier alpha value is -3.88. The normalized spacial score (nSPS) is 13.2. The van der Waals surface area contributed by atoms with Crippen molar-refractivity contribution in [2.75, 3.05) is 0 Å². The summed E-state index contributed by atoms with van der Waals surface area (Å²) in [6.45, 7) is 8.65. The van der Waals surface area contributed by atoms with Gasteiger partial charge in [-0.15, -0.1) is 0 Å². The number of aromatic hydroxyl groups is 1. The number of carbonyl (C=O) groups is 3. The van der Waals surface area contributed by atoms with E-state index in [1.807, 2.05) is 6.92 Å². The number of aliphatic carboxylic acids is 2. The zero-order valence-electron chi connectivity index (χ0n) is 18.9. The average Bonchev–Trinajstić information content (AvgIpc) is 3.15. The minimum absolute atomic E-state index is 0.00680. The van der Waals surface area contributed by atoms with Gasteiger partial charge in [0.05, 0.1) is 11.6 Å². The SMILES string of the molecule is C=Cc1c(/C=c2\[nH]/c(=C/C(=N)C(CCC(=O)O)C(C)=O)c(CCC(=O)O)c2C)[nH]c(O)c1C. The van der Waals surface area contributed by atoms with E-state index >= 15 is 0 Å². The molecular weight excluding hydrogens is 426 g/mol. The monoisotopic (exact) mass is 455 g/mol. The molecule has 0 bridgehead atoms. The Morgan fingerprint density at radius 1 is 1.06 bits per heavy atom. The Morgan fingerprint density at radius 3 is 2.24 bits per heavy atom. The van der Waals surface area contributed by atoms with Gasteiger partial charge >= 0.3 is 11.9 Å². The van der Waals surface area contributed by atoms with Crippen LogP contribution in [0.3, 0.4) is 0 Å². The highest BCUT2D eigenvalue weighted by molar-refractivity contribution is 6.18. The van der Waals surface area contributed by atoms with Gasteiger partial charge < -0.3 is 30.7 Å². The van der Waals surface area contributed by atoms with E-state index in [-0.39, 0.29) is 43.1 Å². The van der Waals surface area contributed by atoms with Crippen LogP contribution in [0.25, 0.3) is 18.2 Å². The quantitative estimate of drug-likeness (QED) is 0.283. The molecule has 2 aromatic rings. The minimum atomic E-state index is -1.05. The van der Waals surface area contributed by atoms with Gasteiger partial charge in [-0.2, -0.15) is 0 Å². The first-order chi connectivity index (χ1) is 15.5. The molecule has 2 heterocycles. The van der Waals surface area contributed by atoms with E-state index in [0.29, 0.717) is 27.5 Å². The highest BCUT2D eigenvalue weighted by Gasteiger charge is 2.20. The van der Waals surface area contributed by atoms with Gasteiger partial charge in [0.25, 0.3) is 0 Å². The third-order valence-electron chi connectivity index (χ3n) is 5.65. The molecule has 0 aliphatic rings. The van der Waals surface area contributed by atoms with Crippen molar-refractivity contribution in [2.45, 2.75) is 46.5 Å². The molecule has 0 amide bonds. The summed E-state index contributed by atoms with van der Waals surface area (Å²) in [4.78, 5) is 40.2. The maximum absolute atomic E-state index is 12.0. The van der Waals surface area contributed by atoms with Gasteiger partial charge in [-0.25, -0.2) is 0 Å². The molecule has 0 saturated carbocycles. The van der Waals surface area contributed by atoms with Crippen LogP contribution < -0.4 is 10.7 Å². The molecule has 33 heavy (non-hydrogen) atoms. The highest BCUT2D eigenvalue weighted by atomic mass is 16.4. The minimum Gasteiger partial charge on any atom is -0.494 e. The smallest absolute Gasteiger partial charge is 0.303 e. The number of carboxylic acids is 2. The van der Waals surface area contributed by atoms with E-state index in [2.05, 4.69) is 16.5 Å². The molecule has 0 aromatic carbocycles. The van der Waals surface area contributed by atoms with Gasteiger partial charge in [-0.3, -0.25) is 14.4 Å². The predicted octanol–water partition coefficient (Wildman–Crippen LogP) is 2.02. The van der Waals surface area contributed by atoms with Gasteiger partial charge in [-0.1, -0.05) is 12.7 Å². The third-order valence-corrected chi connectivity index (χ3v) is 5.65. The van der Waals surface area contributed by atoms with Crippen LogP contribution in [0.1, 0.15) is 54.1 Å². The van der Waals surface area contributed by atoms with Crippen molar-refractivity contribution in [1.82, 2.24) is 9.97 Å². The summed E-state index contributed by atoms with van der Waals surface area (Å²) < 4.78 is 0. The topological polar surface area (TPSA) is 167 Å². The van der Waals surface area contributed by atoms with Crippen LogP contribution in [0, 0.1) is 25.2 Å². The number of H-pyrrole nitrogens is 2. The van der Waals surface area contributed by atoms with Gasteiger partial charge in [0.1, 0.15) is 5.78 Å². The zero-order valence-corrected chi connectivity index (χ0v) is 18.9. The molecule has 9 heteroatoms. The second-order valence-electron chi connectivity index (χ2n) is 7.92. The van der Waals surface area contributed by atoms with Crippen LogP contribution in [-0.2, 0) is 20.8 Å². The summed E-state index contributed by atoms with van der Waals surface area (Å²) in [5.74, 6) is -3.19. The number of rotatable bonds is 11. The molecule has 1 unspecified atom stereocenters. The first-order valence-corrected chi connectivity index (χ1v) is 10.4. The summed E-state index contributed by atoms with van der Waals surface area (Å²) in [5, 5.41) is 37.6. The number of hydrogen-bond acceptors (Lipinski definition) is 5. The van der Waals surface area contributed by atoms with Crippen molar-refractivity contribution in [3.63, 3.8) is 0 Å². The van der Waals surface area contributed by atoms with Crippen molar-refractivity contribution < 1.29 is 29.7 Å². The lowest BCUT2D eigenvalue weighted by Crippen LogP contribution is -2.24. The molecule has 2 aromatic heterocycles. The lowest BCUT2D eigenvalue weighted by Gasteiger charge is -2.11. The van der Waals surface area contributed by atoms with Crippen LogP contribution in [0.4, 0.5) is 0 Å². The van der Waals surface area contributed by atoms with Gasteiger partial charge in [0.2, 0.25) is 0 Å². The second kappa shape index (κ2) is 10.6. The predicted molar refractivity (Wildman–Crippen MR) is 125 cm³/mol. The van der Waals surface area contributed by atoms with E-state index in [0.717, 1.165) is 11.1 Å². The van der Waals surface area contributed by atoms with Crippen LogP contribution in [-0.4, -0.2) is 48.7 Å². The van der Waals surface area contributed by atoms with Crippen molar-refractivity contribution in [1.29, 1.82) is 5.41 Å². The number of nitrogens with one attached hydrogen (secondary N) is 3. The van der Waals surface area contributed by atoms with Crippen LogP contribution in [0.5, 0.6) is 5.88 Å². The van der Waals surface area contributed by atoms with Gasteiger partial charge in [0.15, 0.2) is 5.88 Å². The maximum Gasteiger partial charge on any atom is 0.303 e. The Balaban J connectivity index is 2.64. The number of aromatic nitrogens is 2. The molecule has 1 atom stereocenters. The Morgan fingerprint density at radius 2 is 1.70 bits per heavy atom. The lowest BCUT2D eigenvalue weighted by molar-refractivity contribution is -0.138. The first kappa shape index (κ1) is 25.4. The lowest BCUT2D eigenvalue weighted by atomic mass is 9.93. The molecule has 0 aliphatic carbocycles. The summed E-state index contributed by atoms with van der Waals surface area (Å²) in [6.07, 6.45) is 4.68. The molecular formula is C24H29N3O6. The van der Waals surface area contributed by atoms with Gasteiger partial charge in [0, 0.05) is 40.4 Å². The molecule has 176 valence electrons. The van der Waals surface area contributed by atoms with Gasteiger partial charge in [-0.05, 0) is 56.9 Å². The largest absolute Gasteiger partial charge is 0.494 e. The fourth-order valence-corrected chi connectivity index (χ4v) is 3.74. The number of aromatic amines is 2. The maximum atomic E-state index is 12.0. The first-order valence-electron chi connectivity index (χ1n) is 10.4. The van der Waals surface area contributed by atoms with Crippen molar-refractivity contribution in [3.8, 4) is 5.88 Å². The van der Waals surface area contributed by atoms with E-state index in [4.69, 9.17) is 15.6 Å². The molecule has 0 radical (unpaired) electrons. The van der Waals surface area contributed by atoms with Crippen LogP contribution >= 0.6 is 0 Å². The zero-order chi connectivity index (χ0) is 24.9. The third kappa shape index (κ3) is 6.09. The Kier molecular flexibility index (Phi) is 8.17. The summed E-state index contributed by atoms with van der Waals surface area (Å²) in [7, 11) is 0. The summed E-state index contributed by atoms with van der Waals surface area (Å²) in [6, 6.07) is 0. The van der Waals surface area contributed by atoms with E-state index in [9.17, 15) is 19.5 Å². The van der Waals surface area contributed by atoms with E-state index in [1.54, 1.807) is 19.1 Å². The molecule has 9 nitrogen and oxygen atoms in total. The molecule has 0 aliphatic heterocycles. The fourth-order valence-electron chi connectivity index (χ4n) is 3.74. The van der Waals surface area contributed by atoms with Crippen LogP contribution in [0.2, 0.25) is 0 Å². The number of ketones is 1. The van der Waals surface area contributed by atoms with Crippen molar-refractivity contribution >= 4 is 41.7 Å². The molecule has 6 N–H and O–H groups in total. The number of carbonyl (C=O) groups excluding carboxylic acids is 1. The summed E-state index contributed by atoms with van der Waals surface area (Å²) in [5.41, 5.74) is 3.37. The second-order valence-corrected chi connectivity index (χ2v) is 7.92. The molecule has 0 saturated heterocycles. The standard InChI is InChI=1S/C24H29N3O6/c1-5-15-13(3)24(33)27-21(15)11-19-12(2)16(6-8-22(29)30)20(26-19)10-18(25)17(14(4)28)7-9-23(31)32/h5,10-11,17,25-27,33H,1,6-9H2,2-4H3,(H,29,30)(H,31,32)/b19-11-,20-10+,25-18?. The van der Waals surface area contributed by atoms with Crippen molar-refractivity contribution in [3.05, 3.63) is 45.2 Å². The molecule has 2 rings (SSSR count). The van der Waals surface area contributed by atoms with Crippen molar-refractivity contribution in [2.24, 2.45) is 5.92 Å².